The monoisotopic (exact) mass is 543 g/mol. The highest BCUT2D eigenvalue weighted by atomic mass is 19.1. The summed E-state index contributed by atoms with van der Waals surface area (Å²) in [7, 11) is 0. The van der Waals surface area contributed by atoms with Gasteiger partial charge in [-0.25, -0.2) is 4.39 Å². The molecule has 2 aliphatic rings. The Hall–Kier alpha value is -4.24. The molecule has 0 saturated carbocycles. The van der Waals surface area contributed by atoms with Gasteiger partial charge in [-0.3, -0.25) is 14.4 Å². The first kappa shape index (κ1) is 27.3. The molecule has 1 fully saturated rings. The number of carbonyl (C=O) groups excluding carboxylic acids is 3. The summed E-state index contributed by atoms with van der Waals surface area (Å²) < 4.78 is 13.3. The summed E-state index contributed by atoms with van der Waals surface area (Å²) in [5.41, 5.74) is 5.53. The fourth-order valence-electron chi connectivity index (χ4n) is 5.41. The number of aromatic nitrogens is 1. The van der Waals surface area contributed by atoms with Crippen molar-refractivity contribution in [3.63, 3.8) is 0 Å². The van der Waals surface area contributed by atoms with Crippen LogP contribution in [0.4, 0.5) is 10.1 Å². The number of amides is 3. The first-order chi connectivity index (χ1) is 19.2. The number of nitrogens with one attached hydrogen (secondary N) is 4. The van der Waals surface area contributed by atoms with E-state index in [9.17, 15) is 18.8 Å². The number of halogens is 1. The van der Waals surface area contributed by atoms with Crippen LogP contribution in [-0.2, 0) is 4.79 Å². The standard InChI is InChI=1S/C31H34FN5O3/c1-18-27(34-20(3)28(18)31(40)33-12-15-37-13-4-5-14-37)17-25-24-16-22(8-11-26(24)36-30(25)39)29(38)35-19(2)21-6-9-23(32)10-7-21/h6-11,16-17,19,34H,4-5,12-15H2,1-3H3,(H,33,40)(H,35,38)(H,36,39)/t19-/m1/s1. The van der Waals surface area contributed by atoms with Gasteiger partial charge >= 0.3 is 0 Å². The SMILES string of the molecule is Cc1[nH]c(C=C2C(=O)Nc3ccc(C(=O)N[C@H](C)c4ccc(F)cc4)cc32)c(C)c1C(=O)NCCN1CCCC1. The molecule has 0 unspecified atom stereocenters. The van der Waals surface area contributed by atoms with Gasteiger partial charge in [-0.15, -0.1) is 0 Å². The van der Waals surface area contributed by atoms with Crippen molar-refractivity contribution < 1.29 is 18.8 Å². The molecule has 1 saturated heterocycles. The van der Waals surface area contributed by atoms with Crippen molar-refractivity contribution in [2.75, 3.05) is 31.5 Å². The van der Waals surface area contributed by atoms with Gasteiger partial charge in [-0.2, -0.15) is 0 Å². The van der Waals surface area contributed by atoms with Crippen LogP contribution in [0.5, 0.6) is 0 Å². The van der Waals surface area contributed by atoms with Gasteiger partial charge in [-0.05, 0) is 94.2 Å². The van der Waals surface area contributed by atoms with Gasteiger partial charge in [0.1, 0.15) is 5.82 Å². The van der Waals surface area contributed by atoms with E-state index in [-0.39, 0.29) is 29.6 Å². The Kier molecular flexibility index (Phi) is 7.84. The predicted octanol–water partition coefficient (Wildman–Crippen LogP) is 4.58. The van der Waals surface area contributed by atoms with Crippen LogP contribution in [0.25, 0.3) is 11.6 Å². The highest BCUT2D eigenvalue weighted by Crippen LogP contribution is 2.35. The Balaban J connectivity index is 1.33. The van der Waals surface area contributed by atoms with Gasteiger partial charge < -0.3 is 25.8 Å². The number of likely N-dealkylation sites (tertiary alicyclic amines) is 1. The zero-order chi connectivity index (χ0) is 28.4. The van der Waals surface area contributed by atoms with E-state index in [4.69, 9.17) is 0 Å². The van der Waals surface area contributed by atoms with Crippen molar-refractivity contribution in [3.05, 3.63) is 87.5 Å². The van der Waals surface area contributed by atoms with Crippen LogP contribution >= 0.6 is 0 Å². The Morgan fingerprint density at radius 2 is 1.80 bits per heavy atom. The number of benzene rings is 2. The molecule has 1 atom stereocenters. The van der Waals surface area contributed by atoms with E-state index < -0.39 is 0 Å². The minimum absolute atomic E-state index is 0.138. The molecule has 4 N–H and O–H groups in total. The molecule has 2 aromatic carbocycles. The zero-order valence-electron chi connectivity index (χ0n) is 23.0. The van der Waals surface area contributed by atoms with Gasteiger partial charge in [0.15, 0.2) is 0 Å². The summed E-state index contributed by atoms with van der Waals surface area (Å²) >= 11 is 0. The second-order valence-corrected chi connectivity index (χ2v) is 10.5. The number of carbonyl (C=O) groups is 3. The summed E-state index contributed by atoms with van der Waals surface area (Å²) in [6, 6.07) is 10.7. The van der Waals surface area contributed by atoms with Crippen molar-refractivity contribution in [2.24, 2.45) is 0 Å². The molecule has 1 aromatic heterocycles. The smallest absolute Gasteiger partial charge is 0.256 e. The molecule has 8 nitrogen and oxygen atoms in total. The summed E-state index contributed by atoms with van der Waals surface area (Å²) in [6.07, 6.45) is 4.15. The third-order valence-electron chi connectivity index (χ3n) is 7.69. The number of H-pyrrole nitrogens is 1. The van der Waals surface area contributed by atoms with Gasteiger partial charge in [-0.1, -0.05) is 12.1 Å². The highest BCUT2D eigenvalue weighted by Gasteiger charge is 2.27. The molecule has 5 rings (SSSR count). The Morgan fingerprint density at radius 1 is 1.07 bits per heavy atom. The minimum Gasteiger partial charge on any atom is -0.358 e. The number of hydrogen-bond donors (Lipinski definition) is 4. The van der Waals surface area contributed by atoms with E-state index in [2.05, 4.69) is 25.8 Å². The lowest BCUT2D eigenvalue weighted by atomic mass is 10.0. The molecular weight excluding hydrogens is 509 g/mol. The fourth-order valence-corrected chi connectivity index (χ4v) is 5.41. The first-order valence-corrected chi connectivity index (χ1v) is 13.6. The number of rotatable bonds is 8. The van der Waals surface area contributed by atoms with E-state index in [0.29, 0.717) is 40.2 Å². The molecule has 9 heteroatoms. The average molecular weight is 544 g/mol. The van der Waals surface area contributed by atoms with Crippen LogP contribution in [0, 0.1) is 19.7 Å². The minimum atomic E-state index is -0.338. The van der Waals surface area contributed by atoms with Crippen LogP contribution in [0.3, 0.4) is 0 Å². The summed E-state index contributed by atoms with van der Waals surface area (Å²) in [5, 5.41) is 8.80. The van der Waals surface area contributed by atoms with Crippen molar-refractivity contribution >= 4 is 35.1 Å². The first-order valence-electron chi connectivity index (χ1n) is 13.6. The summed E-state index contributed by atoms with van der Waals surface area (Å²) in [6.45, 7) is 9.11. The molecule has 0 bridgehead atoms. The molecule has 3 aromatic rings. The average Bonchev–Trinajstić information content (AvgIpc) is 3.62. The number of hydrogen-bond acceptors (Lipinski definition) is 4. The number of anilines is 1. The van der Waals surface area contributed by atoms with E-state index >= 15 is 0 Å². The maximum absolute atomic E-state index is 13.3. The Bertz CT molecular complexity index is 1490. The lowest BCUT2D eigenvalue weighted by Gasteiger charge is -2.15. The second-order valence-electron chi connectivity index (χ2n) is 10.5. The Labute approximate surface area is 233 Å². The number of nitrogens with zero attached hydrogens (tertiary/aromatic N) is 1. The van der Waals surface area contributed by atoms with Crippen molar-refractivity contribution in [1.82, 2.24) is 20.5 Å². The van der Waals surface area contributed by atoms with Crippen molar-refractivity contribution in [3.8, 4) is 0 Å². The number of aromatic amines is 1. The van der Waals surface area contributed by atoms with Gasteiger partial charge in [0.2, 0.25) is 0 Å². The number of fused-ring (bicyclic) bond motifs is 1. The summed E-state index contributed by atoms with van der Waals surface area (Å²) in [4.78, 5) is 44.5. The third-order valence-corrected chi connectivity index (χ3v) is 7.69. The van der Waals surface area contributed by atoms with Crippen LogP contribution in [0.2, 0.25) is 0 Å². The van der Waals surface area contributed by atoms with Crippen LogP contribution in [-0.4, -0.2) is 53.8 Å². The quantitative estimate of drug-likeness (QED) is 0.312. The highest BCUT2D eigenvalue weighted by molar-refractivity contribution is 6.35. The fraction of sp³-hybridized carbons (Fsp3) is 0.323. The molecular formula is C31H34FN5O3. The van der Waals surface area contributed by atoms with E-state index in [1.165, 1.54) is 25.0 Å². The molecule has 2 aliphatic heterocycles. The molecule has 40 heavy (non-hydrogen) atoms. The van der Waals surface area contributed by atoms with E-state index in [0.717, 1.165) is 36.5 Å². The van der Waals surface area contributed by atoms with E-state index in [1.807, 2.05) is 20.8 Å². The van der Waals surface area contributed by atoms with Crippen molar-refractivity contribution in [2.45, 2.75) is 39.7 Å². The second kappa shape index (κ2) is 11.5. The van der Waals surface area contributed by atoms with Gasteiger partial charge in [0.25, 0.3) is 17.7 Å². The molecule has 0 radical (unpaired) electrons. The molecule has 0 aliphatic carbocycles. The third kappa shape index (κ3) is 5.70. The topological polar surface area (TPSA) is 106 Å². The zero-order valence-corrected chi connectivity index (χ0v) is 23.0. The molecule has 3 heterocycles. The van der Waals surface area contributed by atoms with Gasteiger partial charge in [0.05, 0.1) is 17.2 Å². The van der Waals surface area contributed by atoms with Crippen LogP contribution in [0.15, 0.2) is 42.5 Å². The Morgan fingerprint density at radius 3 is 2.52 bits per heavy atom. The molecule has 3 amide bonds. The van der Waals surface area contributed by atoms with Crippen LogP contribution in [0.1, 0.15) is 74.6 Å². The summed E-state index contributed by atoms with van der Waals surface area (Å²) in [5.74, 6) is -1.07. The predicted molar refractivity (Wildman–Crippen MR) is 153 cm³/mol. The lowest BCUT2D eigenvalue weighted by molar-refractivity contribution is -0.110. The largest absolute Gasteiger partial charge is 0.358 e. The van der Waals surface area contributed by atoms with Gasteiger partial charge in [0, 0.05) is 41.3 Å². The molecule has 208 valence electrons. The normalized spacial score (nSPS) is 16.6. The lowest BCUT2D eigenvalue weighted by Crippen LogP contribution is -2.33. The maximum Gasteiger partial charge on any atom is 0.256 e. The number of aryl methyl sites for hydroxylation is 1. The van der Waals surface area contributed by atoms with Crippen LogP contribution < -0.4 is 16.0 Å². The maximum atomic E-state index is 13.3. The van der Waals surface area contributed by atoms with E-state index in [1.54, 1.807) is 36.4 Å². The molecule has 0 spiro atoms. The van der Waals surface area contributed by atoms with Crippen molar-refractivity contribution in [1.29, 1.82) is 0 Å².